The summed E-state index contributed by atoms with van der Waals surface area (Å²) >= 11 is 0. The van der Waals surface area contributed by atoms with Gasteiger partial charge in [0.2, 0.25) is 0 Å². The Hall–Kier alpha value is -5.60. The van der Waals surface area contributed by atoms with Gasteiger partial charge in [0.25, 0.3) is 0 Å². The molecule has 46 heavy (non-hydrogen) atoms. The first-order valence-electron chi connectivity index (χ1n) is 16.1. The first-order valence-corrected chi connectivity index (χ1v) is 16.1. The Balaban J connectivity index is 1.31. The first-order chi connectivity index (χ1) is 22.5. The van der Waals surface area contributed by atoms with Crippen molar-refractivity contribution in [1.29, 1.82) is 0 Å². The van der Waals surface area contributed by atoms with Crippen LogP contribution in [0.5, 0.6) is 0 Å². The van der Waals surface area contributed by atoms with Crippen molar-refractivity contribution in [2.45, 2.75) is 26.2 Å². The standard InChI is InChI=1S/C44H31NO/c1-26-16-18-30-31-12-6-8-14-38(31)44(2,3)39-24-35-32-13-7-9-15-40(32)45(41(35)25-34(39)33(30)20-26)29-17-19-42-37(23-29)36-21-27-10-4-5-11-28(27)22-43(36)46-42/h4-25H,1-3H3. The fourth-order valence-corrected chi connectivity index (χ4v) is 8.15. The number of rotatable bonds is 1. The number of aryl methyl sites for hydroxylation is 1. The second-order valence-corrected chi connectivity index (χ2v) is 13.5. The van der Waals surface area contributed by atoms with Crippen molar-refractivity contribution in [2.24, 2.45) is 0 Å². The lowest BCUT2D eigenvalue weighted by molar-refractivity contribution is 0.647. The lowest BCUT2D eigenvalue weighted by atomic mass is 9.75. The maximum Gasteiger partial charge on any atom is 0.136 e. The lowest BCUT2D eigenvalue weighted by Crippen LogP contribution is -2.19. The molecule has 0 radical (unpaired) electrons. The van der Waals surface area contributed by atoms with E-state index in [1.807, 2.05) is 0 Å². The van der Waals surface area contributed by atoms with Gasteiger partial charge >= 0.3 is 0 Å². The second kappa shape index (κ2) is 8.99. The maximum absolute atomic E-state index is 6.39. The van der Waals surface area contributed by atoms with Crippen molar-refractivity contribution >= 4 is 54.5 Å². The number of nitrogens with zero attached hydrogens (tertiary/aromatic N) is 1. The number of hydrogen-bond acceptors (Lipinski definition) is 1. The smallest absolute Gasteiger partial charge is 0.136 e. The molecule has 2 heteroatoms. The van der Waals surface area contributed by atoms with E-state index in [0.717, 1.165) is 27.6 Å². The molecule has 10 rings (SSSR count). The molecule has 218 valence electrons. The van der Waals surface area contributed by atoms with E-state index in [2.05, 4.69) is 159 Å². The van der Waals surface area contributed by atoms with Gasteiger partial charge in [-0.15, -0.1) is 0 Å². The van der Waals surface area contributed by atoms with Crippen LogP contribution < -0.4 is 0 Å². The van der Waals surface area contributed by atoms with Gasteiger partial charge < -0.3 is 8.98 Å². The highest BCUT2D eigenvalue weighted by molar-refractivity contribution is 6.13. The normalized spacial score (nSPS) is 13.7. The van der Waals surface area contributed by atoms with E-state index in [4.69, 9.17) is 4.42 Å². The van der Waals surface area contributed by atoms with Gasteiger partial charge in [0.15, 0.2) is 0 Å². The zero-order valence-corrected chi connectivity index (χ0v) is 26.1. The molecule has 7 aromatic carbocycles. The zero-order chi connectivity index (χ0) is 30.7. The van der Waals surface area contributed by atoms with Crippen LogP contribution in [0.15, 0.2) is 138 Å². The topological polar surface area (TPSA) is 18.1 Å². The van der Waals surface area contributed by atoms with Gasteiger partial charge in [-0.1, -0.05) is 104 Å². The van der Waals surface area contributed by atoms with Crippen LogP contribution in [0.3, 0.4) is 0 Å². The molecule has 0 aliphatic heterocycles. The van der Waals surface area contributed by atoms with Crippen molar-refractivity contribution in [3.8, 4) is 27.9 Å². The Kier molecular flexibility index (Phi) is 5.02. The molecule has 2 aromatic heterocycles. The highest BCUT2D eigenvalue weighted by atomic mass is 16.3. The number of aromatic nitrogens is 1. The summed E-state index contributed by atoms with van der Waals surface area (Å²) in [5, 5.41) is 7.24. The van der Waals surface area contributed by atoms with E-state index in [0.29, 0.717) is 0 Å². The van der Waals surface area contributed by atoms with Gasteiger partial charge in [0, 0.05) is 32.6 Å². The Morgan fingerprint density at radius 3 is 2.13 bits per heavy atom. The van der Waals surface area contributed by atoms with E-state index in [1.165, 1.54) is 71.5 Å². The monoisotopic (exact) mass is 589 g/mol. The minimum atomic E-state index is -0.187. The predicted octanol–water partition coefficient (Wildman–Crippen LogP) is 12.1. The largest absolute Gasteiger partial charge is 0.456 e. The number of para-hydroxylation sites is 1. The third-order valence-electron chi connectivity index (χ3n) is 10.4. The molecule has 0 atom stereocenters. The summed E-state index contributed by atoms with van der Waals surface area (Å²) in [5.41, 5.74) is 14.4. The number of fused-ring (bicyclic) bond motifs is 12. The van der Waals surface area contributed by atoms with Crippen molar-refractivity contribution in [3.05, 3.63) is 150 Å². The molecule has 0 unspecified atom stereocenters. The summed E-state index contributed by atoms with van der Waals surface area (Å²) in [6.45, 7) is 6.97. The van der Waals surface area contributed by atoms with Crippen LogP contribution in [0.1, 0.15) is 30.5 Å². The molecule has 2 heterocycles. The van der Waals surface area contributed by atoms with Gasteiger partial charge in [-0.3, -0.25) is 0 Å². The minimum Gasteiger partial charge on any atom is -0.456 e. The zero-order valence-electron chi connectivity index (χ0n) is 26.1. The molecule has 0 spiro atoms. The van der Waals surface area contributed by atoms with Gasteiger partial charge in [-0.05, 0) is 99.6 Å². The molecule has 0 fully saturated rings. The third-order valence-corrected chi connectivity index (χ3v) is 10.4. The van der Waals surface area contributed by atoms with Gasteiger partial charge in [0.1, 0.15) is 11.2 Å². The lowest BCUT2D eigenvalue weighted by Gasteiger charge is -2.28. The summed E-state index contributed by atoms with van der Waals surface area (Å²) in [4.78, 5) is 0. The molecule has 0 N–H and O–H groups in total. The fourth-order valence-electron chi connectivity index (χ4n) is 8.15. The second-order valence-electron chi connectivity index (χ2n) is 13.5. The maximum atomic E-state index is 6.39. The van der Waals surface area contributed by atoms with E-state index in [9.17, 15) is 0 Å². The summed E-state index contributed by atoms with van der Waals surface area (Å²) in [6.07, 6.45) is 0. The quantitative estimate of drug-likeness (QED) is 0.186. The molecule has 1 aliphatic rings. The van der Waals surface area contributed by atoms with Crippen LogP contribution >= 0.6 is 0 Å². The van der Waals surface area contributed by atoms with Crippen molar-refractivity contribution in [2.75, 3.05) is 0 Å². The Bertz CT molecular complexity index is 2730. The van der Waals surface area contributed by atoms with E-state index in [-0.39, 0.29) is 5.41 Å². The van der Waals surface area contributed by atoms with Crippen molar-refractivity contribution in [3.63, 3.8) is 0 Å². The van der Waals surface area contributed by atoms with Crippen molar-refractivity contribution in [1.82, 2.24) is 4.57 Å². The average Bonchev–Trinajstić information content (AvgIpc) is 3.58. The van der Waals surface area contributed by atoms with E-state index < -0.39 is 0 Å². The van der Waals surface area contributed by atoms with Crippen LogP contribution in [0, 0.1) is 6.92 Å². The fraction of sp³-hybridized carbons (Fsp3) is 0.0909. The first kappa shape index (κ1) is 25.7. The summed E-state index contributed by atoms with van der Waals surface area (Å²) in [6, 6.07) is 49.3. The summed E-state index contributed by atoms with van der Waals surface area (Å²) in [5.74, 6) is 0. The van der Waals surface area contributed by atoms with Crippen molar-refractivity contribution < 1.29 is 4.42 Å². The van der Waals surface area contributed by atoms with Gasteiger partial charge in [0.05, 0.1) is 11.0 Å². The highest BCUT2D eigenvalue weighted by Gasteiger charge is 2.34. The van der Waals surface area contributed by atoms with Crippen LogP contribution in [0.25, 0.3) is 82.5 Å². The Morgan fingerprint density at radius 1 is 0.478 bits per heavy atom. The molecule has 0 amide bonds. The number of furan rings is 1. The molecular formula is C44H31NO. The van der Waals surface area contributed by atoms with Crippen LogP contribution in [0.4, 0.5) is 0 Å². The molecule has 0 saturated carbocycles. The molecule has 0 saturated heterocycles. The average molecular weight is 590 g/mol. The summed E-state index contributed by atoms with van der Waals surface area (Å²) in [7, 11) is 0. The minimum absolute atomic E-state index is 0.187. The van der Waals surface area contributed by atoms with E-state index in [1.54, 1.807) is 0 Å². The van der Waals surface area contributed by atoms with Gasteiger partial charge in [-0.2, -0.15) is 0 Å². The van der Waals surface area contributed by atoms with Crippen LogP contribution in [0.2, 0.25) is 0 Å². The Morgan fingerprint density at radius 2 is 1.24 bits per heavy atom. The molecule has 2 nitrogen and oxygen atoms in total. The number of benzene rings is 7. The Labute approximate surface area is 267 Å². The van der Waals surface area contributed by atoms with Crippen LogP contribution in [-0.4, -0.2) is 4.57 Å². The molecule has 9 aromatic rings. The third kappa shape index (κ3) is 3.42. The van der Waals surface area contributed by atoms with E-state index >= 15 is 0 Å². The molecule has 0 bridgehead atoms. The molecular weight excluding hydrogens is 558 g/mol. The summed E-state index contributed by atoms with van der Waals surface area (Å²) < 4.78 is 8.84. The SMILES string of the molecule is Cc1ccc2c(c1)-c1cc3c(cc1C(C)(C)c1ccccc1-2)c1ccccc1n3-c1ccc2oc3cc4ccccc4cc3c2c1. The van der Waals surface area contributed by atoms with Gasteiger partial charge in [-0.25, -0.2) is 0 Å². The van der Waals surface area contributed by atoms with Crippen LogP contribution in [-0.2, 0) is 5.41 Å². The number of hydrogen-bond donors (Lipinski definition) is 0. The molecule has 1 aliphatic carbocycles. The predicted molar refractivity (Wildman–Crippen MR) is 193 cm³/mol. The highest BCUT2D eigenvalue weighted by Crippen LogP contribution is 2.51.